The molecule has 1 saturated carbocycles. The van der Waals surface area contributed by atoms with Crippen LogP contribution in [-0.2, 0) is 20.7 Å². The summed E-state index contributed by atoms with van der Waals surface area (Å²) in [6.45, 7) is 0. The third-order valence-electron chi connectivity index (χ3n) is 4.86. The van der Waals surface area contributed by atoms with Gasteiger partial charge in [-0.05, 0) is 37.0 Å². The van der Waals surface area contributed by atoms with E-state index in [1.165, 1.54) is 21.3 Å². The summed E-state index contributed by atoms with van der Waals surface area (Å²) < 4.78 is 21.6. The van der Waals surface area contributed by atoms with Crippen molar-refractivity contribution < 1.29 is 28.5 Å². The Labute approximate surface area is 176 Å². The standard InChI is InChI=1S/C23H27NO6/c1-27-18-13-15(14-19(28-2)22(18)29-3)9-12-20(25)30-21(16-7-5-4-6-8-16)23(26)24-17-10-11-17/h4-8,13-14,17,21H,9-12H2,1-3H3,(H,24,26)/t21-/m0/s1. The second-order valence-electron chi connectivity index (χ2n) is 7.10. The van der Waals surface area contributed by atoms with Gasteiger partial charge in [0, 0.05) is 18.0 Å². The Hall–Kier alpha value is -3.22. The van der Waals surface area contributed by atoms with Crippen LogP contribution in [0.5, 0.6) is 17.2 Å². The number of methoxy groups -OCH3 is 3. The molecular formula is C23H27NO6. The van der Waals surface area contributed by atoms with Crippen LogP contribution in [0.2, 0.25) is 0 Å². The highest BCUT2D eigenvalue weighted by atomic mass is 16.5. The zero-order chi connectivity index (χ0) is 21.5. The zero-order valence-corrected chi connectivity index (χ0v) is 17.5. The van der Waals surface area contributed by atoms with E-state index in [4.69, 9.17) is 18.9 Å². The summed E-state index contributed by atoms with van der Waals surface area (Å²) in [5, 5.41) is 2.91. The monoisotopic (exact) mass is 413 g/mol. The van der Waals surface area contributed by atoms with Crippen molar-refractivity contribution in [3.8, 4) is 17.2 Å². The van der Waals surface area contributed by atoms with Gasteiger partial charge >= 0.3 is 5.97 Å². The van der Waals surface area contributed by atoms with Crippen LogP contribution in [0, 0.1) is 0 Å². The topological polar surface area (TPSA) is 83.1 Å². The molecule has 160 valence electrons. The summed E-state index contributed by atoms with van der Waals surface area (Å²) >= 11 is 0. The molecule has 0 spiro atoms. The number of esters is 1. The average molecular weight is 413 g/mol. The second-order valence-corrected chi connectivity index (χ2v) is 7.10. The van der Waals surface area contributed by atoms with Gasteiger partial charge in [0.2, 0.25) is 11.9 Å². The van der Waals surface area contributed by atoms with Crippen LogP contribution in [0.25, 0.3) is 0 Å². The number of hydrogen-bond acceptors (Lipinski definition) is 6. The molecule has 3 rings (SSSR count). The molecule has 0 unspecified atom stereocenters. The van der Waals surface area contributed by atoms with Crippen molar-refractivity contribution in [2.75, 3.05) is 21.3 Å². The molecule has 1 atom stereocenters. The molecular weight excluding hydrogens is 386 g/mol. The molecule has 0 saturated heterocycles. The van der Waals surface area contributed by atoms with Crippen LogP contribution >= 0.6 is 0 Å². The van der Waals surface area contributed by atoms with Crippen LogP contribution in [0.1, 0.15) is 36.5 Å². The lowest BCUT2D eigenvalue weighted by molar-refractivity contribution is -0.156. The largest absolute Gasteiger partial charge is 0.493 e. The van der Waals surface area contributed by atoms with E-state index in [9.17, 15) is 9.59 Å². The molecule has 0 bridgehead atoms. The van der Waals surface area contributed by atoms with Gasteiger partial charge in [-0.25, -0.2) is 0 Å². The van der Waals surface area contributed by atoms with Gasteiger partial charge in [0.15, 0.2) is 11.5 Å². The average Bonchev–Trinajstić information content (AvgIpc) is 3.59. The maximum Gasteiger partial charge on any atom is 0.307 e. The number of ether oxygens (including phenoxy) is 4. The van der Waals surface area contributed by atoms with Gasteiger partial charge in [0.1, 0.15) is 0 Å². The number of carbonyl (C=O) groups is 2. The molecule has 2 aromatic carbocycles. The lowest BCUT2D eigenvalue weighted by Gasteiger charge is -2.18. The molecule has 1 amide bonds. The van der Waals surface area contributed by atoms with Gasteiger partial charge in [-0.1, -0.05) is 30.3 Å². The maximum atomic E-state index is 12.6. The van der Waals surface area contributed by atoms with E-state index in [0.717, 1.165) is 18.4 Å². The van der Waals surface area contributed by atoms with E-state index in [2.05, 4.69) is 5.32 Å². The van der Waals surface area contributed by atoms with E-state index in [-0.39, 0.29) is 18.4 Å². The van der Waals surface area contributed by atoms with Crippen LogP contribution < -0.4 is 19.5 Å². The summed E-state index contributed by atoms with van der Waals surface area (Å²) in [6, 6.07) is 12.8. The molecule has 0 aliphatic heterocycles. The summed E-state index contributed by atoms with van der Waals surface area (Å²) in [5.74, 6) is 0.790. The molecule has 0 aromatic heterocycles. The Bertz CT molecular complexity index is 854. The Balaban J connectivity index is 1.67. The van der Waals surface area contributed by atoms with Crippen LogP contribution in [0.15, 0.2) is 42.5 Å². The molecule has 1 aliphatic rings. The van der Waals surface area contributed by atoms with Crippen molar-refractivity contribution >= 4 is 11.9 Å². The molecule has 1 aliphatic carbocycles. The zero-order valence-electron chi connectivity index (χ0n) is 17.5. The minimum Gasteiger partial charge on any atom is -0.493 e. The van der Waals surface area contributed by atoms with Gasteiger partial charge in [0.05, 0.1) is 21.3 Å². The van der Waals surface area contributed by atoms with Crippen molar-refractivity contribution in [1.82, 2.24) is 5.32 Å². The van der Waals surface area contributed by atoms with Crippen LogP contribution in [0.3, 0.4) is 0 Å². The molecule has 0 heterocycles. The summed E-state index contributed by atoms with van der Waals surface area (Å²) in [6.07, 6.45) is 1.48. The van der Waals surface area contributed by atoms with Gasteiger partial charge in [0.25, 0.3) is 5.91 Å². The Kier molecular flexibility index (Phi) is 7.17. The first-order valence-corrected chi connectivity index (χ1v) is 9.89. The Morgan fingerprint density at radius 1 is 1.00 bits per heavy atom. The number of hydrogen-bond donors (Lipinski definition) is 1. The van der Waals surface area contributed by atoms with Crippen LogP contribution in [-0.4, -0.2) is 39.2 Å². The highest BCUT2D eigenvalue weighted by Gasteiger charge is 2.30. The number of carbonyl (C=O) groups excluding carboxylic acids is 2. The van der Waals surface area contributed by atoms with Gasteiger partial charge in [-0.3, -0.25) is 9.59 Å². The van der Waals surface area contributed by atoms with Crippen LogP contribution in [0.4, 0.5) is 0 Å². The van der Waals surface area contributed by atoms with Gasteiger partial charge in [-0.15, -0.1) is 0 Å². The fraction of sp³-hybridized carbons (Fsp3) is 0.391. The number of aryl methyl sites for hydroxylation is 1. The molecule has 7 heteroatoms. The highest BCUT2D eigenvalue weighted by Crippen LogP contribution is 2.38. The first kappa shape index (κ1) is 21.5. The minimum atomic E-state index is -0.959. The number of rotatable bonds is 10. The summed E-state index contributed by atoms with van der Waals surface area (Å²) in [5.41, 5.74) is 1.48. The van der Waals surface area contributed by atoms with Crippen molar-refractivity contribution in [3.63, 3.8) is 0 Å². The number of nitrogens with one attached hydrogen (secondary N) is 1. The smallest absolute Gasteiger partial charge is 0.307 e. The summed E-state index contributed by atoms with van der Waals surface area (Å²) in [4.78, 5) is 25.2. The quantitative estimate of drug-likeness (QED) is 0.603. The third kappa shape index (κ3) is 5.43. The fourth-order valence-corrected chi connectivity index (χ4v) is 3.12. The second kappa shape index (κ2) is 10.0. The molecule has 7 nitrogen and oxygen atoms in total. The summed E-state index contributed by atoms with van der Waals surface area (Å²) in [7, 11) is 4.62. The molecule has 1 N–H and O–H groups in total. The molecule has 0 radical (unpaired) electrons. The van der Waals surface area contributed by atoms with E-state index in [0.29, 0.717) is 29.2 Å². The number of benzene rings is 2. The molecule has 30 heavy (non-hydrogen) atoms. The maximum absolute atomic E-state index is 12.6. The van der Waals surface area contributed by atoms with Crippen molar-refractivity contribution in [3.05, 3.63) is 53.6 Å². The predicted octanol–water partition coefficient (Wildman–Crippen LogP) is 3.21. The Morgan fingerprint density at radius 2 is 1.63 bits per heavy atom. The first-order valence-electron chi connectivity index (χ1n) is 9.89. The van der Waals surface area contributed by atoms with Gasteiger partial charge in [-0.2, -0.15) is 0 Å². The van der Waals surface area contributed by atoms with Crippen molar-refractivity contribution in [2.45, 2.75) is 37.8 Å². The van der Waals surface area contributed by atoms with E-state index in [1.807, 2.05) is 18.2 Å². The van der Waals surface area contributed by atoms with Gasteiger partial charge < -0.3 is 24.3 Å². The first-order chi connectivity index (χ1) is 14.5. The lowest BCUT2D eigenvalue weighted by Crippen LogP contribution is -2.33. The lowest BCUT2D eigenvalue weighted by atomic mass is 10.1. The number of amides is 1. The van der Waals surface area contributed by atoms with E-state index in [1.54, 1.807) is 24.3 Å². The fourth-order valence-electron chi connectivity index (χ4n) is 3.12. The van der Waals surface area contributed by atoms with Crippen molar-refractivity contribution in [1.29, 1.82) is 0 Å². The molecule has 2 aromatic rings. The highest BCUT2D eigenvalue weighted by molar-refractivity contribution is 5.85. The normalized spacial score (nSPS) is 13.8. The third-order valence-corrected chi connectivity index (χ3v) is 4.86. The minimum absolute atomic E-state index is 0.110. The Morgan fingerprint density at radius 3 is 2.17 bits per heavy atom. The molecule has 1 fully saturated rings. The van der Waals surface area contributed by atoms with Crippen molar-refractivity contribution in [2.24, 2.45) is 0 Å². The predicted molar refractivity (Wildman–Crippen MR) is 111 cm³/mol. The van der Waals surface area contributed by atoms with E-state index >= 15 is 0 Å². The SMILES string of the molecule is COc1cc(CCC(=O)O[C@H](C(=O)NC2CC2)c2ccccc2)cc(OC)c1OC. The van der Waals surface area contributed by atoms with E-state index < -0.39 is 12.1 Å².